The Morgan fingerprint density at radius 1 is 0.944 bits per heavy atom. The fraction of sp³-hybridized carbons (Fsp3) is 0.250. The molecule has 2 heteroatoms. The zero-order valence-corrected chi connectivity index (χ0v) is 10.9. The van der Waals surface area contributed by atoms with Crippen molar-refractivity contribution in [2.24, 2.45) is 0 Å². The van der Waals surface area contributed by atoms with Gasteiger partial charge in [0.15, 0.2) is 0 Å². The normalized spacial score (nSPS) is 10.4. The molecule has 2 rings (SSSR count). The number of hydrogen-bond acceptors (Lipinski definition) is 2. The summed E-state index contributed by atoms with van der Waals surface area (Å²) in [5, 5.41) is 3.39. The summed E-state index contributed by atoms with van der Waals surface area (Å²) in [5.41, 5.74) is 2.38. The van der Waals surface area contributed by atoms with Gasteiger partial charge in [0, 0.05) is 12.2 Å². The highest BCUT2D eigenvalue weighted by atomic mass is 16.5. The van der Waals surface area contributed by atoms with Crippen molar-refractivity contribution in [3.63, 3.8) is 0 Å². The lowest BCUT2D eigenvalue weighted by Gasteiger charge is -2.11. The lowest BCUT2D eigenvalue weighted by molar-refractivity contribution is 0.242. The molecule has 2 aromatic rings. The van der Waals surface area contributed by atoms with Crippen molar-refractivity contribution >= 4 is 5.69 Å². The summed E-state index contributed by atoms with van der Waals surface area (Å²) < 4.78 is 5.60. The quantitative estimate of drug-likeness (QED) is 0.851. The minimum atomic E-state index is 0.216. The molecular weight excluding hydrogens is 222 g/mol. The van der Waals surface area contributed by atoms with Crippen molar-refractivity contribution in [3.05, 3.63) is 60.2 Å². The number of rotatable bonds is 5. The predicted octanol–water partition coefficient (Wildman–Crippen LogP) is 4.09. The van der Waals surface area contributed by atoms with Crippen LogP contribution in [0.2, 0.25) is 0 Å². The molecule has 0 saturated heterocycles. The Bertz CT molecular complexity index is 462. The van der Waals surface area contributed by atoms with Gasteiger partial charge in [0.05, 0.1) is 6.10 Å². The highest BCUT2D eigenvalue weighted by Crippen LogP contribution is 2.17. The van der Waals surface area contributed by atoms with Gasteiger partial charge in [0.1, 0.15) is 5.75 Å². The first kappa shape index (κ1) is 12.5. The summed E-state index contributed by atoms with van der Waals surface area (Å²) >= 11 is 0. The van der Waals surface area contributed by atoms with Gasteiger partial charge in [-0.25, -0.2) is 0 Å². The van der Waals surface area contributed by atoms with E-state index in [4.69, 9.17) is 4.74 Å². The predicted molar refractivity (Wildman–Crippen MR) is 76.0 cm³/mol. The Hall–Kier alpha value is -1.96. The van der Waals surface area contributed by atoms with Crippen LogP contribution in [0.15, 0.2) is 54.6 Å². The fourth-order valence-electron chi connectivity index (χ4n) is 1.72. The van der Waals surface area contributed by atoms with Crippen LogP contribution in [0.25, 0.3) is 0 Å². The van der Waals surface area contributed by atoms with Crippen LogP contribution in [0.4, 0.5) is 5.69 Å². The van der Waals surface area contributed by atoms with Crippen LogP contribution < -0.4 is 10.1 Å². The minimum absolute atomic E-state index is 0.216. The SMILES string of the molecule is CC(C)Oc1ccc(NCc2ccccc2)cc1. The van der Waals surface area contributed by atoms with Gasteiger partial charge in [-0.1, -0.05) is 30.3 Å². The van der Waals surface area contributed by atoms with Gasteiger partial charge in [-0.05, 0) is 43.7 Å². The Morgan fingerprint density at radius 2 is 1.61 bits per heavy atom. The van der Waals surface area contributed by atoms with Crippen molar-refractivity contribution < 1.29 is 4.74 Å². The maximum absolute atomic E-state index is 5.60. The highest BCUT2D eigenvalue weighted by Gasteiger charge is 1.98. The molecule has 0 aliphatic carbocycles. The summed E-state index contributed by atoms with van der Waals surface area (Å²) in [7, 11) is 0. The van der Waals surface area contributed by atoms with Crippen LogP contribution >= 0.6 is 0 Å². The van der Waals surface area contributed by atoms with E-state index in [9.17, 15) is 0 Å². The summed E-state index contributed by atoms with van der Waals surface area (Å²) in [6.07, 6.45) is 0.216. The van der Waals surface area contributed by atoms with E-state index in [2.05, 4.69) is 29.6 Å². The van der Waals surface area contributed by atoms with E-state index in [1.165, 1.54) is 5.56 Å². The summed E-state index contributed by atoms with van der Waals surface area (Å²) in [6, 6.07) is 18.4. The molecule has 0 aromatic heterocycles. The molecule has 94 valence electrons. The Balaban J connectivity index is 1.90. The van der Waals surface area contributed by atoms with Gasteiger partial charge >= 0.3 is 0 Å². The molecule has 0 amide bonds. The summed E-state index contributed by atoms with van der Waals surface area (Å²) in [5.74, 6) is 0.912. The minimum Gasteiger partial charge on any atom is -0.491 e. The molecule has 0 heterocycles. The summed E-state index contributed by atoms with van der Waals surface area (Å²) in [4.78, 5) is 0. The van der Waals surface area contributed by atoms with Gasteiger partial charge in [0.25, 0.3) is 0 Å². The molecule has 0 bridgehead atoms. The Morgan fingerprint density at radius 3 is 2.22 bits per heavy atom. The number of ether oxygens (including phenoxy) is 1. The largest absolute Gasteiger partial charge is 0.491 e. The van der Waals surface area contributed by atoms with Crippen LogP contribution in [0.3, 0.4) is 0 Å². The molecule has 2 aromatic carbocycles. The third kappa shape index (κ3) is 3.81. The second-order valence-corrected chi connectivity index (χ2v) is 4.53. The van der Waals surface area contributed by atoms with Crippen molar-refractivity contribution in [2.45, 2.75) is 26.5 Å². The van der Waals surface area contributed by atoms with Gasteiger partial charge < -0.3 is 10.1 Å². The second kappa shape index (κ2) is 6.10. The molecule has 1 N–H and O–H groups in total. The smallest absolute Gasteiger partial charge is 0.119 e. The molecule has 0 radical (unpaired) electrons. The molecule has 0 unspecified atom stereocenters. The Labute approximate surface area is 109 Å². The molecule has 0 saturated carbocycles. The molecule has 18 heavy (non-hydrogen) atoms. The molecule has 0 atom stereocenters. The van der Waals surface area contributed by atoms with Crippen LogP contribution in [0.5, 0.6) is 5.75 Å². The zero-order chi connectivity index (χ0) is 12.8. The topological polar surface area (TPSA) is 21.3 Å². The fourth-order valence-corrected chi connectivity index (χ4v) is 1.72. The molecule has 0 aliphatic heterocycles. The number of anilines is 1. The number of hydrogen-bond donors (Lipinski definition) is 1. The van der Waals surface area contributed by atoms with Crippen molar-refractivity contribution in [2.75, 3.05) is 5.32 Å². The van der Waals surface area contributed by atoms with Crippen molar-refractivity contribution in [1.82, 2.24) is 0 Å². The number of nitrogens with one attached hydrogen (secondary N) is 1. The monoisotopic (exact) mass is 241 g/mol. The standard InChI is InChI=1S/C16H19NO/c1-13(2)18-16-10-8-15(9-11-16)17-12-14-6-4-3-5-7-14/h3-11,13,17H,12H2,1-2H3. The number of benzene rings is 2. The average molecular weight is 241 g/mol. The van der Waals surface area contributed by atoms with E-state index in [0.29, 0.717) is 0 Å². The Kier molecular flexibility index (Phi) is 4.24. The third-order valence-corrected chi connectivity index (χ3v) is 2.57. The van der Waals surface area contributed by atoms with E-state index >= 15 is 0 Å². The lowest BCUT2D eigenvalue weighted by atomic mass is 10.2. The lowest BCUT2D eigenvalue weighted by Crippen LogP contribution is -2.05. The molecule has 0 aliphatic rings. The van der Waals surface area contributed by atoms with Gasteiger partial charge in [-0.15, -0.1) is 0 Å². The van der Waals surface area contributed by atoms with Crippen LogP contribution in [-0.4, -0.2) is 6.10 Å². The van der Waals surface area contributed by atoms with Crippen molar-refractivity contribution in [3.8, 4) is 5.75 Å². The average Bonchev–Trinajstić information content (AvgIpc) is 2.38. The first-order chi connectivity index (χ1) is 8.74. The van der Waals surface area contributed by atoms with E-state index in [0.717, 1.165) is 18.0 Å². The van der Waals surface area contributed by atoms with Crippen LogP contribution in [0.1, 0.15) is 19.4 Å². The van der Waals surface area contributed by atoms with Crippen LogP contribution in [-0.2, 0) is 6.54 Å². The first-order valence-electron chi connectivity index (χ1n) is 6.28. The van der Waals surface area contributed by atoms with E-state index in [1.54, 1.807) is 0 Å². The van der Waals surface area contributed by atoms with E-state index in [-0.39, 0.29) is 6.10 Å². The van der Waals surface area contributed by atoms with Gasteiger partial charge in [-0.3, -0.25) is 0 Å². The van der Waals surface area contributed by atoms with Gasteiger partial charge in [-0.2, -0.15) is 0 Å². The molecule has 2 nitrogen and oxygen atoms in total. The molecular formula is C16H19NO. The first-order valence-corrected chi connectivity index (χ1v) is 6.28. The van der Waals surface area contributed by atoms with E-state index < -0.39 is 0 Å². The molecule has 0 spiro atoms. The van der Waals surface area contributed by atoms with Crippen LogP contribution in [0, 0.1) is 0 Å². The molecule has 0 fully saturated rings. The maximum atomic E-state index is 5.60. The second-order valence-electron chi connectivity index (χ2n) is 4.53. The van der Waals surface area contributed by atoms with Gasteiger partial charge in [0.2, 0.25) is 0 Å². The zero-order valence-electron chi connectivity index (χ0n) is 10.9. The van der Waals surface area contributed by atoms with E-state index in [1.807, 2.05) is 44.2 Å². The maximum Gasteiger partial charge on any atom is 0.119 e. The van der Waals surface area contributed by atoms with Crippen molar-refractivity contribution in [1.29, 1.82) is 0 Å². The third-order valence-electron chi connectivity index (χ3n) is 2.57. The summed E-state index contributed by atoms with van der Waals surface area (Å²) in [6.45, 7) is 4.90. The highest BCUT2D eigenvalue weighted by molar-refractivity contribution is 5.46.